The van der Waals surface area contributed by atoms with E-state index in [2.05, 4.69) is 15.2 Å². The van der Waals surface area contributed by atoms with E-state index >= 15 is 0 Å². The zero-order valence-electron chi connectivity index (χ0n) is 18.0. The molecule has 166 valence electrons. The second-order valence-corrected chi connectivity index (χ2v) is 7.83. The van der Waals surface area contributed by atoms with Crippen molar-refractivity contribution in [3.05, 3.63) is 77.8 Å². The highest BCUT2D eigenvalue weighted by atomic mass is 32.1. The summed E-state index contributed by atoms with van der Waals surface area (Å²) in [6.07, 6.45) is 2.61. The van der Waals surface area contributed by atoms with Crippen molar-refractivity contribution in [2.75, 3.05) is 27.4 Å². The van der Waals surface area contributed by atoms with E-state index in [-0.39, 0.29) is 18.1 Å². The van der Waals surface area contributed by atoms with Crippen LogP contribution in [0.3, 0.4) is 0 Å². The van der Waals surface area contributed by atoms with Gasteiger partial charge in [0.25, 0.3) is 0 Å². The van der Waals surface area contributed by atoms with E-state index < -0.39 is 0 Å². The standard InChI is InChI=1S/C24H25N3O4S/c1-29-14-6-13-27-22(21(26-24(27)32)18-9-3-4-12-25-18)20-11-10-19(31-20)16-7-5-8-17(15-16)23(28)30-2/h3-5,7-12,15,21-22H,6,13-14H2,1-2H3,(H,26,32)/t21-,22-/m1/s1. The minimum absolute atomic E-state index is 0.147. The van der Waals surface area contributed by atoms with E-state index in [0.717, 1.165) is 30.0 Å². The molecule has 32 heavy (non-hydrogen) atoms. The van der Waals surface area contributed by atoms with Crippen molar-refractivity contribution in [3.63, 3.8) is 0 Å². The maximum atomic E-state index is 11.9. The summed E-state index contributed by atoms with van der Waals surface area (Å²) in [6, 6.07) is 16.6. The van der Waals surface area contributed by atoms with Gasteiger partial charge in [0, 0.05) is 32.0 Å². The number of carbonyl (C=O) groups excluding carboxylic acids is 1. The van der Waals surface area contributed by atoms with Crippen LogP contribution in [0.2, 0.25) is 0 Å². The lowest BCUT2D eigenvalue weighted by Crippen LogP contribution is -2.31. The fourth-order valence-electron chi connectivity index (χ4n) is 3.92. The predicted molar refractivity (Wildman–Crippen MR) is 124 cm³/mol. The third-order valence-corrected chi connectivity index (χ3v) is 5.78. The van der Waals surface area contributed by atoms with Crippen LogP contribution in [0.1, 0.15) is 40.3 Å². The monoisotopic (exact) mass is 451 g/mol. The Morgan fingerprint density at radius 1 is 1.19 bits per heavy atom. The zero-order chi connectivity index (χ0) is 22.5. The van der Waals surface area contributed by atoms with E-state index in [4.69, 9.17) is 26.1 Å². The SMILES string of the molecule is COCCCN1C(=S)N[C@H](c2ccccn2)[C@H]1c1ccc(-c2cccc(C(=O)OC)c2)o1. The summed E-state index contributed by atoms with van der Waals surface area (Å²) >= 11 is 5.66. The summed E-state index contributed by atoms with van der Waals surface area (Å²) in [6.45, 7) is 1.37. The van der Waals surface area contributed by atoms with Crippen LogP contribution in [0.4, 0.5) is 0 Å². The number of methoxy groups -OCH3 is 2. The quantitative estimate of drug-likeness (QED) is 0.311. The number of thiocarbonyl (C=S) groups is 1. The second kappa shape index (κ2) is 9.93. The third-order valence-electron chi connectivity index (χ3n) is 5.43. The van der Waals surface area contributed by atoms with Gasteiger partial charge in [-0.2, -0.15) is 0 Å². The molecule has 0 aliphatic carbocycles. The van der Waals surface area contributed by atoms with Gasteiger partial charge in [-0.05, 0) is 55.0 Å². The Balaban J connectivity index is 1.67. The Morgan fingerprint density at radius 2 is 2.06 bits per heavy atom. The molecule has 1 aliphatic rings. The van der Waals surface area contributed by atoms with Crippen LogP contribution in [-0.4, -0.2) is 48.3 Å². The largest absolute Gasteiger partial charge is 0.465 e. The minimum Gasteiger partial charge on any atom is -0.465 e. The maximum Gasteiger partial charge on any atom is 0.337 e. The molecule has 2 atom stereocenters. The molecular formula is C24H25N3O4S. The molecule has 1 aromatic carbocycles. The van der Waals surface area contributed by atoms with Gasteiger partial charge in [-0.1, -0.05) is 18.2 Å². The minimum atomic E-state index is -0.386. The zero-order valence-corrected chi connectivity index (χ0v) is 18.8. The molecule has 8 heteroatoms. The lowest BCUT2D eigenvalue weighted by molar-refractivity contribution is 0.0601. The van der Waals surface area contributed by atoms with E-state index in [0.29, 0.717) is 23.0 Å². The Morgan fingerprint density at radius 3 is 2.81 bits per heavy atom. The number of hydrogen-bond acceptors (Lipinski definition) is 6. The number of esters is 1. The average molecular weight is 452 g/mol. The molecule has 2 aromatic heterocycles. The van der Waals surface area contributed by atoms with Crippen LogP contribution >= 0.6 is 12.2 Å². The Bertz CT molecular complexity index is 1090. The molecule has 1 saturated heterocycles. The van der Waals surface area contributed by atoms with Crippen LogP contribution in [0.25, 0.3) is 11.3 Å². The van der Waals surface area contributed by atoms with E-state index in [1.807, 2.05) is 42.5 Å². The molecule has 0 bridgehead atoms. The number of benzene rings is 1. The molecule has 4 rings (SSSR count). The van der Waals surface area contributed by atoms with Crippen LogP contribution < -0.4 is 5.32 Å². The summed E-state index contributed by atoms with van der Waals surface area (Å²) in [5, 5.41) is 4.07. The molecule has 7 nitrogen and oxygen atoms in total. The summed E-state index contributed by atoms with van der Waals surface area (Å²) in [4.78, 5) is 18.6. The number of nitrogens with zero attached hydrogens (tertiary/aromatic N) is 2. The Hall–Kier alpha value is -3.23. The Kier molecular flexibility index (Phi) is 6.82. The number of pyridine rings is 1. The Labute approximate surface area is 192 Å². The molecule has 1 aliphatic heterocycles. The van der Waals surface area contributed by atoms with E-state index in [1.54, 1.807) is 25.4 Å². The fourth-order valence-corrected chi connectivity index (χ4v) is 4.25. The molecule has 0 unspecified atom stereocenters. The van der Waals surface area contributed by atoms with Crippen LogP contribution in [-0.2, 0) is 9.47 Å². The number of aromatic nitrogens is 1. The van der Waals surface area contributed by atoms with Crippen molar-refractivity contribution in [3.8, 4) is 11.3 Å². The van der Waals surface area contributed by atoms with Crippen molar-refractivity contribution >= 4 is 23.3 Å². The lowest BCUT2D eigenvalue weighted by atomic mass is 10.0. The molecule has 0 spiro atoms. The molecule has 1 fully saturated rings. The molecule has 0 saturated carbocycles. The molecule has 0 radical (unpaired) electrons. The van der Waals surface area contributed by atoms with Crippen molar-refractivity contribution in [1.82, 2.24) is 15.2 Å². The lowest BCUT2D eigenvalue weighted by Gasteiger charge is -2.26. The first-order valence-electron chi connectivity index (χ1n) is 10.4. The third kappa shape index (κ3) is 4.51. The first-order valence-corrected chi connectivity index (χ1v) is 10.8. The van der Waals surface area contributed by atoms with Crippen molar-refractivity contribution in [2.24, 2.45) is 0 Å². The summed E-state index contributed by atoms with van der Waals surface area (Å²) < 4.78 is 16.4. The number of carbonyl (C=O) groups is 1. The second-order valence-electron chi connectivity index (χ2n) is 7.44. The van der Waals surface area contributed by atoms with Gasteiger partial charge in [0.05, 0.1) is 24.4 Å². The average Bonchev–Trinajstić information content (AvgIpc) is 3.44. The summed E-state index contributed by atoms with van der Waals surface area (Å²) in [5.41, 5.74) is 2.16. The number of ether oxygens (including phenoxy) is 2. The maximum absolute atomic E-state index is 11.9. The van der Waals surface area contributed by atoms with Gasteiger partial charge in [-0.25, -0.2) is 4.79 Å². The van der Waals surface area contributed by atoms with E-state index in [1.165, 1.54) is 7.11 Å². The highest BCUT2D eigenvalue weighted by Crippen LogP contribution is 2.40. The van der Waals surface area contributed by atoms with Crippen molar-refractivity contribution < 1.29 is 18.7 Å². The van der Waals surface area contributed by atoms with Crippen molar-refractivity contribution in [2.45, 2.75) is 18.5 Å². The van der Waals surface area contributed by atoms with Gasteiger partial charge in [0.2, 0.25) is 0 Å². The first kappa shape index (κ1) is 22.0. The van der Waals surface area contributed by atoms with Gasteiger partial charge in [-0.15, -0.1) is 0 Å². The topological polar surface area (TPSA) is 76.8 Å². The predicted octanol–water partition coefficient (Wildman–Crippen LogP) is 4.14. The fraction of sp³-hybridized carbons (Fsp3) is 0.292. The number of hydrogen-bond donors (Lipinski definition) is 1. The molecule has 3 aromatic rings. The first-order chi connectivity index (χ1) is 15.6. The molecule has 3 heterocycles. The smallest absolute Gasteiger partial charge is 0.337 e. The number of rotatable bonds is 8. The van der Waals surface area contributed by atoms with Gasteiger partial charge in [0.15, 0.2) is 5.11 Å². The van der Waals surface area contributed by atoms with Gasteiger partial charge in [0.1, 0.15) is 17.6 Å². The summed E-state index contributed by atoms with van der Waals surface area (Å²) in [7, 11) is 3.06. The molecule has 1 N–H and O–H groups in total. The number of furan rings is 1. The summed E-state index contributed by atoms with van der Waals surface area (Å²) in [5.74, 6) is 1.05. The van der Waals surface area contributed by atoms with Crippen molar-refractivity contribution in [1.29, 1.82) is 0 Å². The van der Waals surface area contributed by atoms with Gasteiger partial charge >= 0.3 is 5.97 Å². The highest BCUT2D eigenvalue weighted by Gasteiger charge is 2.41. The van der Waals surface area contributed by atoms with Gasteiger partial charge in [-0.3, -0.25) is 4.98 Å². The van der Waals surface area contributed by atoms with Crippen LogP contribution in [0.15, 0.2) is 65.2 Å². The highest BCUT2D eigenvalue weighted by molar-refractivity contribution is 7.80. The van der Waals surface area contributed by atoms with Gasteiger partial charge < -0.3 is 24.1 Å². The molecule has 0 amide bonds. The number of nitrogens with one attached hydrogen (secondary N) is 1. The van der Waals surface area contributed by atoms with E-state index in [9.17, 15) is 4.79 Å². The normalized spacial score (nSPS) is 17.9. The molecular weight excluding hydrogens is 426 g/mol. The van der Waals surface area contributed by atoms with Crippen LogP contribution in [0, 0.1) is 0 Å². The van der Waals surface area contributed by atoms with Crippen LogP contribution in [0.5, 0.6) is 0 Å².